The molecule has 0 radical (unpaired) electrons. The topological polar surface area (TPSA) is 58.6 Å². The van der Waals surface area contributed by atoms with E-state index in [-0.39, 0.29) is 12.0 Å². The van der Waals surface area contributed by atoms with Gasteiger partial charge in [0.2, 0.25) is 0 Å². The standard InChI is InChI=1S/C17H22N2O3/c1-10-7-11(15(20)22-4)5-6-14(10)18-16(21)19-8-12-13(9-19)17(12,2)3/h5-7,12-13H,8-9H2,1-4H3,(H,18,21)/t12-,13+. The minimum Gasteiger partial charge on any atom is -0.465 e. The van der Waals surface area contributed by atoms with Crippen molar-refractivity contribution in [3.8, 4) is 0 Å². The second-order valence-electron chi connectivity index (χ2n) is 6.89. The molecule has 5 nitrogen and oxygen atoms in total. The molecule has 1 heterocycles. The van der Waals surface area contributed by atoms with E-state index in [0.717, 1.165) is 24.3 Å². The Morgan fingerprint density at radius 1 is 1.27 bits per heavy atom. The number of likely N-dealkylation sites (tertiary alicyclic amines) is 1. The molecule has 5 heteroatoms. The first kappa shape index (κ1) is 14.9. The van der Waals surface area contributed by atoms with Gasteiger partial charge < -0.3 is 15.0 Å². The minimum absolute atomic E-state index is 0.0584. The van der Waals surface area contributed by atoms with E-state index in [1.54, 1.807) is 18.2 Å². The van der Waals surface area contributed by atoms with Crippen molar-refractivity contribution in [2.75, 3.05) is 25.5 Å². The molecule has 1 aliphatic carbocycles. The summed E-state index contributed by atoms with van der Waals surface area (Å²) >= 11 is 0. The number of nitrogens with one attached hydrogen (secondary N) is 1. The molecule has 118 valence electrons. The molecular weight excluding hydrogens is 280 g/mol. The maximum Gasteiger partial charge on any atom is 0.337 e. The van der Waals surface area contributed by atoms with Crippen molar-refractivity contribution < 1.29 is 14.3 Å². The second-order valence-corrected chi connectivity index (χ2v) is 6.89. The van der Waals surface area contributed by atoms with E-state index in [1.807, 2.05) is 11.8 Å². The van der Waals surface area contributed by atoms with Crippen molar-refractivity contribution in [2.24, 2.45) is 17.3 Å². The average molecular weight is 302 g/mol. The lowest BCUT2D eigenvalue weighted by Crippen LogP contribution is -2.36. The number of benzene rings is 1. The number of hydrogen-bond acceptors (Lipinski definition) is 3. The van der Waals surface area contributed by atoms with Crippen LogP contribution in [0.2, 0.25) is 0 Å². The number of methoxy groups -OCH3 is 1. The Morgan fingerprint density at radius 3 is 2.45 bits per heavy atom. The van der Waals surface area contributed by atoms with Gasteiger partial charge >= 0.3 is 12.0 Å². The highest BCUT2D eigenvalue weighted by molar-refractivity contribution is 5.93. The fourth-order valence-electron chi connectivity index (χ4n) is 3.54. The molecule has 0 spiro atoms. The number of anilines is 1. The highest BCUT2D eigenvalue weighted by atomic mass is 16.5. The molecule has 3 rings (SSSR count). The van der Waals surface area contributed by atoms with Gasteiger partial charge in [-0.3, -0.25) is 0 Å². The Balaban J connectivity index is 1.64. The van der Waals surface area contributed by atoms with E-state index in [0.29, 0.717) is 22.8 Å². The highest BCUT2D eigenvalue weighted by Crippen LogP contribution is 2.61. The summed E-state index contributed by atoms with van der Waals surface area (Å²) < 4.78 is 4.70. The molecular formula is C17H22N2O3. The van der Waals surface area contributed by atoms with E-state index in [4.69, 9.17) is 4.74 Å². The zero-order chi connectivity index (χ0) is 16.1. The van der Waals surface area contributed by atoms with Crippen molar-refractivity contribution in [3.63, 3.8) is 0 Å². The first-order valence-corrected chi connectivity index (χ1v) is 7.59. The summed E-state index contributed by atoms with van der Waals surface area (Å²) in [5.41, 5.74) is 2.47. The fourth-order valence-corrected chi connectivity index (χ4v) is 3.54. The highest BCUT2D eigenvalue weighted by Gasteiger charge is 2.62. The van der Waals surface area contributed by atoms with Crippen LogP contribution < -0.4 is 5.32 Å². The monoisotopic (exact) mass is 302 g/mol. The molecule has 0 unspecified atom stereocenters. The molecule has 2 amide bonds. The third-order valence-corrected chi connectivity index (χ3v) is 5.30. The Labute approximate surface area is 130 Å². The lowest BCUT2D eigenvalue weighted by Gasteiger charge is -2.23. The van der Waals surface area contributed by atoms with Gasteiger partial charge in [-0.15, -0.1) is 0 Å². The maximum absolute atomic E-state index is 12.3. The van der Waals surface area contributed by atoms with Crippen LogP contribution >= 0.6 is 0 Å². The number of ether oxygens (including phenoxy) is 1. The molecule has 1 saturated heterocycles. The van der Waals surface area contributed by atoms with Crippen molar-refractivity contribution in [2.45, 2.75) is 20.8 Å². The van der Waals surface area contributed by atoms with Gasteiger partial charge in [0.05, 0.1) is 12.7 Å². The Kier molecular flexibility index (Phi) is 3.38. The third-order valence-electron chi connectivity index (χ3n) is 5.30. The molecule has 1 aromatic carbocycles. The first-order chi connectivity index (χ1) is 10.3. The molecule has 22 heavy (non-hydrogen) atoms. The van der Waals surface area contributed by atoms with Gasteiger partial charge in [-0.1, -0.05) is 13.8 Å². The number of carbonyl (C=O) groups is 2. The molecule has 2 aliphatic rings. The number of urea groups is 1. The van der Waals surface area contributed by atoms with Crippen LogP contribution in [0.5, 0.6) is 0 Å². The van der Waals surface area contributed by atoms with Gasteiger partial charge in [0.1, 0.15) is 0 Å². The smallest absolute Gasteiger partial charge is 0.337 e. The number of amides is 2. The van der Waals surface area contributed by atoms with Crippen LogP contribution in [0.15, 0.2) is 18.2 Å². The molecule has 1 saturated carbocycles. The van der Waals surface area contributed by atoms with E-state index >= 15 is 0 Å². The summed E-state index contributed by atoms with van der Waals surface area (Å²) in [4.78, 5) is 25.7. The van der Waals surface area contributed by atoms with E-state index < -0.39 is 0 Å². The fraction of sp³-hybridized carbons (Fsp3) is 0.529. The quantitative estimate of drug-likeness (QED) is 0.855. The van der Waals surface area contributed by atoms with Crippen molar-refractivity contribution in [1.82, 2.24) is 4.90 Å². The van der Waals surface area contributed by atoms with E-state index in [9.17, 15) is 9.59 Å². The number of esters is 1. The van der Waals surface area contributed by atoms with E-state index in [2.05, 4.69) is 19.2 Å². The lowest BCUT2D eigenvalue weighted by molar-refractivity contribution is 0.0600. The maximum atomic E-state index is 12.3. The lowest BCUT2D eigenvalue weighted by atomic mass is 10.1. The van der Waals surface area contributed by atoms with Gasteiger partial charge in [0, 0.05) is 18.8 Å². The van der Waals surface area contributed by atoms with Crippen LogP contribution in [0, 0.1) is 24.2 Å². The summed E-state index contributed by atoms with van der Waals surface area (Å²) in [6.45, 7) is 8.08. The largest absolute Gasteiger partial charge is 0.465 e. The van der Waals surface area contributed by atoms with Crippen LogP contribution in [0.1, 0.15) is 29.8 Å². The predicted molar refractivity (Wildman–Crippen MR) is 83.9 cm³/mol. The number of piperidine rings is 1. The van der Waals surface area contributed by atoms with Gasteiger partial charge in [0.25, 0.3) is 0 Å². The molecule has 1 aliphatic heterocycles. The van der Waals surface area contributed by atoms with Gasteiger partial charge in [-0.05, 0) is 47.9 Å². The number of carbonyl (C=O) groups excluding carboxylic acids is 2. The number of hydrogen-bond donors (Lipinski definition) is 1. The van der Waals surface area contributed by atoms with Crippen molar-refractivity contribution in [1.29, 1.82) is 0 Å². The summed E-state index contributed by atoms with van der Waals surface area (Å²) in [6, 6.07) is 5.09. The van der Waals surface area contributed by atoms with Crippen LogP contribution in [-0.2, 0) is 4.74 Å². The molecule has 2 atom stereocenters. The van der Waals surface area contributed by atoms with Gasteiger partial charge in [0.15, 0.2) is 0 Å². The number of fused-ring (bicyclic) bond motifs is 1. The van der Waals surface area contributed by atoms with Crippen LogP contribution in [-0.4, -0.2) is 37.1 Å². The van der Waals surface area contributed by atoms with Gasteiger partial charge in [-0.2, -0.15) is 0 Å². The SMILES string of the molecule is COC(=O)c1ccc(NC(=O)N2C[C@@H]3[C@H](C2)C3(C)C)c(C)c1. The molecule has 0 aromatic heterocycles. The molecule has 2 fully saturated rings. The zero-order valence-electron chi connectivity index (χ0n) is 13.5. The van der Waals surface area contributed by atoms with Crippen LogP contribution in [0.3, 0.4) is 0 Å². The Morgan fingerprint density at radius 2 is 1.91 bits per heavy atom. The van der Waals surface area contributed by atoms with E-state index in [1.165, 1.54) is 7.11 Å². The predicted octanol–water partition coefficient (Wildman–Crippen LogP) is 2.90. The minimum atomic E-state index is -0.372. The molecule has 0 bridgehead atoms. The van der Waals surface area contributed by atoms with Crippen molar-refractivity contribution >= 4 is 17.7 Å². The normalized spacial score (nSPS) is 24.6. The number of rotatable bonds is 2. The van der Waals surface area contributed by atoms with Crippen LogP contribution in [0.4, 0.5) is 10.5 Å². The zero-order valence-corrected chi connectivity index (χ0v) is 13.5. The summed E-state index contributed by atoms with van der Waals surface area (Å²) in [7, 11) is 1.35. The molecule has 1 N–H and O–H groups in total. The Bertz CT molecular complexity index is 625. The second kappa shape index (κ2) is 5.00. The Hall–Kier alpha value is -2.04. The van der Waals surface area contributed by atoms with Crippen molar-refractivity contribution in [3.05, 3.63) is 29.3 Å². The van der Waals surface area contributed by atoms with Gasteiger partial charge in [-0.25, -0.2) is 9.59 Å². The summed E-state index contributed by atoms with van der Waals surface area (Å²) in [6.07, 6.45) is 0. The van der Waals surface area contributed by atoms with Crippen LogP contribution in [0.25, 0.3) is 0 Å². The third kappa shape index (κ3) is 2.34. The molecule has 1 aromatic rings. The number of aryl methyl sites for hydroxylation is 1. The first-order valence-electron chi connectivity index (χ1n) is 7.59. The summed E-state index contributed by atoms with van der Waals surface area (Å²) in [5.74, 6) is 0.907. The number of nitrogens with zero attached hydrogens (tertiary/aromatic N) is 1. The average Bonchev–Trinajstić information content (AvgIpc) is 2.86. The summed E-state index contributed by atoms with van der Waals surface area (Å²) in [5, 5.41) is 2.94.